The van der Waals surface area contributed by atoms with Crippen LogP contribution in [0.15, 0.2) is 48.7 Å². The van der Waals surface area contributed by atoms with Crippen molar-refractivity contribution >= 4 is 17.2 Å². The molecule has 194 valence electrons. The molecule has 6 rings (SSSR count). The molecule has 0 amide bonds. The molecule has 0 spiro atoms. The largest absolute Gasteiger partial charge is 0.349 e. The van der Waals surface area contributed by atoms with E-state index in [2.05, 4.69) is 107 Å². The van der Waals surface area contributed by atoms with E-state index in [0.29, 0.717) is 23.7 Å². The van der Waals surface area contributed by atoms with Crippen LogP contribution in [0.5, 0.6) is 0 Å². The molecule has 1 saturated carbocycles. The number of aromatic nitrogens is 2. The Kier molecular flexibility index (Phi) is 5.85. The van der Waals surface area contributed by atoms with Crippen LogP contribution in [0.2, 0.25) is 0 Å². The molecule has 4 nitrogen and oxygen atoms in total. The quantitative estimate of drug-likeness (QED) is 0.355. The Morgan fingerprint density at radius 3 is 2.24 bits per heavy atom. The third kappa shape index (κ3) is 3.33. The Hall–Kier alpha value is -2.88. The highest BCUT2D eigenvalue weighted by Crippen LogP contribution is 2.66. The lowest BCUT2D eigenvalue weighted by Crippen LogP contribution is -2.59. The molecular formula is C33H42N4. The Morgan fingerprint density at radius 2 is 1.65 bits per heavy atom. The van der Waals surface area contributed by atoms with Gasteiger partial charge in [0.15, 0.2) is 11.6 Å². The number of benzene rings is 2. The van der Waals surface area contributed by atoms with E-state index in [1.54, 1.807) is 0 Å². The predicted octanol–water partition coefficient (Wildman–Crippen LogP) is 8.62. The third-order valence-electron chi connectivity index (χ3n) is 9.92. The zero-order valence-corrected chi connectivity index (χ0v) is 23.6. The van der Waals surface area contributed by atoms with Crippen LogP contribution in [-0.4, -0.2) is 23.2 Å². The summed E-state index contributed by atoms with van der Waals surface area (Å²) in [5.74, 6) is 4.06. The van der Waals surface area contributed by atoms with E-state index in [-0.39, 0.29) is 11.6 Å². The molecule has 4 atom stereocenters. The van der Waals surface area contributed by atoms with E-state index >= 15 is 0 Å². The normalized spacial score (nSPS) is 25.9. The number of hydrogen-bond donors (Lipinski definition) is 0. The molecule has 1 fully saturated rings. The van der Waals surface area contributed by atoms with E-state index in [0.717, 1.165) is 17.3 Å². The molecular weight excluding hydrogens is 452 g/mol. The summed E-state index contributed by atoms with van der Waals surface area (Å²) < 4.78 is 0. The number of nitrogens with zero attached hydrogens (tertiary/aromatic N) is 4. The first-order valence-electron chi connectivity index (χ1n) is 14.4. The molecule has 1 aliphatic carbocycles. The number of rotatable bonds is 5. The van der Waals surface area contributed by atoms with Gasteiger partial charge in [0, 0.05) is 23.7 Å². The molecule has 3 aromatic rings. The van der Waals surface area contributed by atoms with Crippen molar-refractivity contribution in [3.8, 4) is 11.4 Å². The first kappa shape index (κ1) is 24.5. The fraction of sp³-hybridized carbons (Fsp3) is 0.515. The van der Waals surface area contributed by atoms with Crippen molar-refractivity contribution in [3.63, 3.8) is 0 Å². The van der Waals surface area contributed by atoms with Crippen molar-refractivity contribution in [2.24, 2.45) is 11.3 Å². The summed E-state index contributed by atoms with van der Waals surface area (Å²) in [6.45, 7) is 13.9. The summed E-state index contributed by atoms with van der Waals surface area (Å²) in [6.07, 6.45) is 7.37. The topological polar surface area (TPSA) is 32.3 Å². The second kappa shape index (κ2) is 8.85. The predicted molar refractivity (Wildman–Crippen MR) is 155 cm³/mol. The molecule has 0 bridgehead atoms. The van der Waals surface area contributed by atoms with Crippen LogP contribution >= 0.6 is 0 Å². The molecule has 4 heteroatoms. The minimum atomic E-state index is 0.258. The van der Waals surface area contributed by atoms with Gasteiger partial charge in [0.1, 0.15) is 11.9 Å². The fourth-order valence-electron chi connectivity index (χ4n) is 8.00. The highest BCUT2D eigenvalue weighted by Gasteiger charge is 2.61. The van der Waals surface area contributed by atoms with Crippen LogP contribution in [0, 0.1) is 11.3 Å². The smallest absolute Gasteiger partial charge is 0.162 e. The van der Waals surface area contributed by atoms with Gasteiger partial charge in [-0.05, 0) is 72.1 Å². The van der Waals surface area contributed by atoms with Gasteiger partial charge in [-0.2, -0.15) is 0 Å². The van der Waals surface area contributed by atoms with Crippen LogP contribution in [0.25, 0.3) is 11.4 Å². The number of hydrogen-bond acceptors (Lipinski definition) is 4. The van der Waals surface area contributed by atoms with Crippen LogP contribution in [-0.2, 0) is 0 Å². The average Bonchev–Trinajstić information content (AvgIpc) is 3.14. The van der Waals surface area contributed by atoms with Gasteiger partial charge >= 0.3 is 0 Å². The van der Waals surface area contributed by atoms with E-state index in [4.69, 9.17) is 9.97 Å². The SMILES string of the molecule is CCC1c2ccccc2N2c3nc(-c4c(C(C)C)cccc4C(C)C)ncc3N(C)C2C2(CC)CCC12. The molecule has 3 heterocycles. The molecule has 2 aliphatic heterocycles. The van der Waals surface area contributed by atoms with Gasteiger partial charge in [-0.3, -0.25) is 0 Å². The van der Waals surface area contributed by atoms with Gasteiger partial charge in [0.25, 0.3) is 0 Å². The second-order valence-electron chi connectivity index (χ2n) is 12.2. The van der Waals surface area contributed by atoms with Crippen molar-refractivity contribution in [2.75, 3.05) is 16.8 Å². The van der Waals surface area contributed by atoms with Crippen molar-refractivity contribution in [1.82, 2.24) is 9.97 Å². The maximum atomic E-state index is 5.46. The Morgan fingerprint density at radius 1 is 0.946 bits per heavy atom. The molecule has 0 radical (unpaired) electrons. The summed E-state index contributed by atoms with van der Waals surface area (Å²) in [5.41, 5.74) is 8.16. The van der Waals surface area contributed by atoms with Crippen molar-refractivity contribution in [2.45, 2.75) is 91.1 Å². The van der Waals surface area contributed by atoms with Crippen molar-refractivity contribution in [3.05, 3.63) is 65.4 Å². The highest BCUT2D eigenvalue weighted by atomic mass is 15.5. The molecule has 37 heavy (non-hydrogen) atoms. The van der Waals surface area contributed by atoms with Crippen molar-refractivity contribution < 1.29 is 0 Å². The van der Waals surface area contributed by atoms with Crippen molar-refractivity contribution in [1.29, 1.82) is 0 Å². The van der Waals surface area contributed by atoms with Crippen LogP contribution < -0.4 is 9.80 Å². The average molecular weight is 495 g/mol. The van der Waals surface area contributed by atoms with E-state index in [1.165, 1.54) is 53.6 Å². The number of para-hydroxylation sites is 1. The lowest BCUT2D eigenvalue weighted by atomic mass is 9.52. The number of fused-ring (bicyclic) bond motifs is 7. The Balaban J connectivity index is 1.60. The second-order valence-corrected chi connectivity index (χ2v) is 12.2. The highest BCUT2D eigenvalue weighted by molar-refractivity contribution is 5.84. The maximum absolute atomic E-state index is 5.46. The first-order chi connectivity index (χ1) is 17.8. The molecule has 0 saturated heterocycles. The van der Waals surface area contributed by atoms with Gasteiger partial charge < -0.3 is 9.80 Å². The van der Waals surface area contributed by atoms with Gasteiger partial charge in [0.2, 0.25) is 0 Å². The molecule has 2 aromatic carbocycles. The minimum absolute atomic E-state index is 0.258. The summed E-state index contributed by atoms with van der Waals surface area (Å²) in [6, 6.07) is 15.9. The molecule has 1 aromatic heterocycles. The monoisotopic (exact) mass is 494 g/mol. The third-order valence-corrected chi connectivity index (χ3v) is 9.92. The fourth-order valence-corrected chi connectivity index (χ4v) is 8.00. The van der Waals surface area contributed by atoms with Crippen LogP contribution in [0.4, 0.5) is 17.2 Å². The zero-order valence-electron chi connectivity index (χ0n) is 23.6. The van der Waals surface area contributed by atoms with Crippen LogP contribution in [0.1, 0.15) is 102 Å². The summed E-state index contributed by atoms with van der Waals surface area (Å²) >= 11 is 0. The summed E-state index contributed by atoms with van der Waals surface area (Å²) in [7, 11) is 2.27. The standard InChI is InChI=1S/C33H42N4/c1-8-22-25-13-10-11-16-27(25)37-31-28(36(7)32(37)33(9-2)18-17-26(22)33)19-34-30(35-31)29-23(20(3)4)14-12-15-24(29)21(5)6/h10-16,19-22,26,32H,8-9,17-18H2,1-7H3. The van der Waals surface area contributed by atoms with Gasteiger partial charge in [-0.1, -0.05) is 77.9 Å². The van der Waals surface area contributed by atoms with Gasteiger partial charge in [-0.25, -0.2) is 9.97 Å². The summed E-state index contributed by atoms with van der Waals surface area (Å²) in [4.78, 5) is 15.6. The minimum Gasteiger partial charge on any atom is -0.349 e. The van der Waals surface area contributed by atoms with Crippen LogP contribution in [0.3, 0.4) is 0 Å². The molecule has 3 aliphatic rings. The molecule has 0 N–H and O–H groups in total. The van der Waals surface area contributed by atoms with E-state index < -0.39 is 0 Å². The maximum Gasteiger partial charge on any atom is 0.162 e. The van der Waals surface area contributed by atoms with Gasteiger partial charge in [-0.15, -0.1) is 0 Å². The van der Waals surface area contributed by atoms with E-state index in [1.807, 2.05) is 0 Å². The van der Waals surface area contributed by atoms with E-state index in [9.17, 15) is 0 Å². The lowest BCUT2D eigenvalue weighted by molar-refractivity contribution is -0.0149. The zero-order chi connectivity index (χ0) is 26.1. The Labute approximate surface area is 223 Å². The van der Waals surface area contributed by atoms with Gasteiger partial charge in [0.05, 0.1) is 6.20 Å². The number of anilines is 3. The lowest BCUT2D eigenvalue weighted by Gasteiger charge is -2.57. The molecule has 4 unspecified atom stereocenters. The first-order valence-corrected chi connectivity index (χ1v) is 14.4. The summed E-state index contributed by atoms with van der Waals surface area (Å²) in [5, 5.41) is 0. The Bertz CT molecular complexity index is 1300.